The summed E-state index contributed by atoms with van der Waals surface area (Å²) < 4.78 is 32.4. The quantitative estimate of drug-likeness (QED) is 0.835. The molecule has 6 nitrogen and oxygen atoms in total. The first-order chi connectivity index (χ1) is 12.5. The van der Waals surface area contributed by atoms with Crippen molar-refractivity contribution in [2.45, 2.75) is 20.3 Å². The zero-order valence-corrected chi connectivity index (χ0v) is 14.6. The lowest BCUT2D eigenvalue weighted by Gasteiger charge is -2.29. The molecule has 26 heavy (non-hydrogen) atoms. The van der Waals surface area contributed by atoms with Crippen LogP contribution in [0.15, 0.2) is 18.2 Å². The van der Waals surface area contributed by atoms with E-state index in [1.165, 1.54) is 12.1 Å². The predicted octanol–water partition coefficient (Wildman–Crippen LogP) is 2.55. The van der Waals surface area contributed by atoms with Gasteiger partial charge < -0.3 is 9.64 Å². The van der Waals surface area contributed by atoms with Crippen molar-refractivity contribution in [1.82, 2.24) is 9.97 Å². The lowest BCUT2D eigenvalue weighted by atomic mass is 10.1. The summed E-state index contributed by atoms with van der Waals surface area (Å²) in [4.78, 5) is 27.5. The molecule has 0 radical (unpaired) electrons. The van der Waals surface area contributed by atoms with Crippen molar-refractivity contribution in [1.29, 1.82) is 0 Å². The molecular weight excluding hydrogens is 344 g/mol. The van der Waals surface area contributed by atoms with Gasteiger partial charge in [0.25, 0.3) is 0 Å². The largest absolute Gasteiger partial charge is 0.378 e. The molecule has 138 valence electrons. The third-order valence-corrected chi connectivity index (χ3v) is 3.99. The maximum absolute atomic E-state index is 13.5. The molecule has 0 spiro atoms. The minimum absolute atomic E-state index is 0.250. The summed E-state index contributed by atoms with van der Waals surface area (Å²) in [6, 6.07) is 3.37. The standard InChI is InChI=1S/C17H19F2N3O.CO2/c1-3-15-11(2)17(22-4-6-23-7-5-22)21-16(20-15)12-8-13(18)10-14(19)9-12;2-1-3/h8-10H,3-7H2,1-2H3;. The number of morpholine rings is 1. The molecule has 2 heterocycles. The minimum Gasteiger partial charge on any atom is -0.378 e. The number of hydrogen-bond acceptors (Lipinski definition) is 6. The van der Waals surface area contributed by atoms with Gasteiger partial charge in [-0.15, -0.1) is 0 Å². The second-order valence-corrected chi connectivity index (χ2v) is 5.64. The smallest absolute Gasteiger partial charge is 0.373 e. The average molecular weight is 363 g/mol. The number of halogens is 2. The van der Waals surface area contributed by atoms with E-state index in [4.69, 9.17) is 14.3 Å². The van der Waals surface area contributed by atoms with Crippen LogP contribution in [0.2, 0.25) is 0 Å². The van der Waals surface area contributed by atoms with Crippen LogP contribution < -0.4 is 4.90 Å². The van der Waals surface area contributed by atoms with E-state index in [2.05, 4.69) is 14.9 Å². The number of anilines is 1. The molecule has 1 fully saturated rings. The summed E-state index contributed by atoms with van der Waals surface area (Å²) in [6.45, 7) is 6.79. The fourth-order valence-electron chi connectivity index (χ4n) is 2.79. The molecule has 0 amide bonds. The molecule has 0 N–H and O–H groups in total. The van der Waals surface area contributed by atoms with Gasteiger partial charge in [0.1, 0.15) is 17.5 Å². The number of carbonyl (C=O) groups excluding carboxylic acids is 2. The van der Waals surface area contributed by atoms with Crippen molar-refractivity contribution in [3.8, 4) is 11.4 Å². The minimum atomic E-state index is -0.629. The highest BCUT2D eigenvalue weighted by Crippen LogP contribution is 2.26. The molecule has 1 aromatic carbocycles. The van der Waals surface area contributed by atoms with Gasteiger partial charge in [-0.25, -0.2) is 18.7 Å². The Kier molecular flexibility index (Phi) is 6.89. The molecule has 3 rings (SSSR count). The second kappa shape index (κ2) is 9.12. The maximum atomic E-state index is 13.5. The van der Waals surface area contributed by atoms with Crippen LogP contribution in [0.4, 0.5) is 14.6 Å². The van der Waals surface area contributed by atoms with Gasteiger partial charge in [-0.1, -0.05) is 6.92 Å². The van der Waals surface area contributed by atoms with Crippen LogP contribution in [0.1, 0.15) is 18.2 Å². The normalized spacial score (nSPS) is 13.6. The fraction of sp³-hybridized carbons (Fsp3) is 0.389. The third-order valence-electron chi connectivity index (χ3n) is 3.99. The van der Waals surface area contributed by atoms with E-state index in [0.717, 1.165) is 42.7 Å². The maximum Gasteiger partial charge on any atom is 0.373 e. The molecule has 1 aliphatic heterocycles. The Balaban J connectivity index is 0.000000758. The Morgan fingerprint density at radius 3 is 2.23 bits per heavy atom. The van der Waals surface area contributed by atoms with Crippen molar-refractivity contribution < 1.29 is 23.1 Å². The van der Waals surface area contributed by atoms with Gasteiger partial charge in [-0.2, -0.15) is 9.59 Å². The molecule has 0 atom stereocenters. The van der Waals surface area contributed by atoms with Crippen LogP contribution >= 0.6 is 0 Å². The fourth-order valence-corrected chi connectivity index (χ4v) is 2.79. The van der Waals surface area contributed by atoms with E-state index < -0.39 is 11.6 Å². The Bertz CT molecular complexity index is 782. The van der Waals surface area contributed by atoms with Gasteiger partial charge in [-0.3, -0.25) is 0 Å². The van der Waals surface area contributed by atoms with Gasteiger partial charge in [-0.05, 0) is 25.5 Å². The number of nitrogens with zero attached hydrogens (tertiary/aromatic N) is 3. The molecule has 0 bridgehead atoms. The third kappa shape index (κ3) is 4.68. The highest BCUT2D eigenvalue weighted by molar-refractivity contribution is 5.60. The SMILES string of the molecule is CCc1nc(-c2cc(F)cc(F)c2)nc(N2CCOCC2)c1C.O=C=O. The summed E-state index contributed by atoms with van der Waals surface area (Å²) >= 11 is 0. The zero-order chi connectivity index (χ0) is 19.1. The van der Waals surface area contributed by atoms with Gasteiger partial charge in [0.2, 0.25) is 0 Å². The molecule has 2 aromatic rings. The van der Waals surface area contributed by atoms with Crippen LogP contribution in [0.5, 0.6) is 0 Å². The topological polar surface area (TPSA) is 72.4 Å². The van der Waals surface area contributed by atoms with Crippen LogP contribution in [0.3, 0.4) is 0 Å². The monoisotopic (exact) mass is 363 g/mol. The summed E-state index contributed by atoms with van der Waals surface area (Å²) in [7, 11) is 0. The molecule has 1 aromatic heterocycles. The Morgan fingerprint density at radius 1 is 1.12 bits per heavy atom. The number of benzene rings is 1. The lowest BCUT2D eigenvalue weighted by molar-refractivity contribution is -0.191. The van der Waals surface area contributed by atoms with Crippen molar-refractivity contribution in [2.24, 2.45) is 0 Å². The van der Waals surface area contributed by atoms with E-state index in [1.807, 2.05) is 13.8 Å². The molecule has 1 saturated heterocycles. The van der Waals surface area contributed by atoms with Crippen molar-refractivity contribution >= 4 is 12.0 Å². The Hall–Kier alpha value is -2.70. The number of aromatic nitrogens is 2. The van der Waals surface area contributed by atoms with Gasteiger partial charge >= 0.3 is 6.15 Å². The highest BCUT2D eigenvalue weighted by atomic mass is 19.1. The van der Waals surface area contributed by atoms with E-state index in [-0.39, 0.29) is 6.15 Å². The molecule has 0 unspecified atom stereocenters. The van der Waals surface area contributed by atoms with E-state index in [1.54, 1.807) is 0 Å². The molecule has 0 saturated carbocycles. The van der Waals surface area contributed by atoms with E-state index >= 15 is 0 Å². The zero-order valence-electron chi connectivity index (χ0n) is 14.6. The van der Waals surface area contributed by atoms with Crippen molar-refractivity contribution in [3.05, 3.63) is 41.1 Å². The van der Waals surface area contributed by atoms with Crippen molar-refractivity contribution in [3.63, 3.8) is 0 Å². The van der Waals surface area contributed by atoms with E-state index in [0.29, 0.717) is 24.6 Å². The first-order valence-electron chi connectivity index (χ1n) is 8.16. The second-order valence-electron chi connectivity index (χ2n) is 5.64. The number of rotatable bonds is 3. The van der Waals surface area contributed by atoms with Gasteiger partial charge in [0.05, 0.1) is 13.2 Å². The van der Waals surface area contributed by atoms with Gasteiger partial charge in [0.15, 0.2) is 5.82 Å². The summed E-state index contributed by atoms with van der Waals surface area (Å²) in [5.41, 5.74) is 2.25. The molecule has 0 aliphatic carbocycles. The van der Waals surface area contributed by atoms with E-state index in [9.17, 15) is 8.78 Å². The van der Waals surface area contributed by atoms with Crippen LogP contribution in [0.25, 0.3) is 11.4 Å². The molecule has 8 heteroatoms. The lowest BCUT2D eigenvalue weighted by Crippen LogP contribution is -2.37. The first-order valence-corrected chi connectivity index (χ1v) is 8.16. The number of hydrogen-bond donors (Lipinski definition) is 0. The highest BCUT2D eigenvalue weighted by Gasteiger charge is 2.19. The first kappa shape index (κ1) is 19.6. The molecular formula is C18H19F2N3O3. The van der Waals surface area contributed by atoms with Crippen LogP contribution in [-0.4, -0.2) is 42.4 Å². The predicted molar refractivity (Wildman–Crippen MR) is 89.5 cm³/mol. The van der Waals surface area contributed by atoms with Crippen LogP contribution in [-0.2, 0) is 20.7 Å². The van der Waals surface area contributed by atoms with Gasteiger partial charge in [0, 0.05) is 36.0 Å². The molecule has 1 aliphatic rings. The van der Waals surface area contributed by atoms with Crippen LogP contribution in [0, 0.1) is 18.6 Å². The summed E-state index contributed by atoms with van der Waals surface area (Å²) in [5.74, 6) is -0.0857. The number of ether oxygens (including phenoxy) is 1. The van der Waals surface area contributed by atoms with Crippen molar-refractivity contribution in [2.75, 3.05) is 31.2 Å². The Labute approximate surface area is 149 Å². The number of aryl methyl sites for hydroxylation is 1. The summed E-state index contributed by atoms with van der Waals surface area (Å²) in [6.07, 6.45) is 0.983. The summed E-state index contributed by atoms with van der Waals surface area (Å²) in [5, 5.41) is 0. The average Bonchev–Trinajstić information content (AvgIpc) is 2.62. The Morgan fingerprint density at radius 2 is 1.69 bits per heavy atom.